The first kappa shape index (κ1) is 18.9. The first-order valence-corrected chi connectivity index (χ1v) is 8.38. The van der Waals surface area contributed by atoms with Gasteiger partial charge >= 0.3 is 5.97 Å². The van der Waals surface area contributed by atoms with Crippen LogP contribution in [0.3, 0.4) is 0 Å². The Morgan fingerprint density at radius 2 is 1.96 bits per heavy atom. The van der Waals surface area contributed by atoms with Crippen LogP contribution < -0.4 is 10.1 Å². The van der Waals surface area contributed by atoms with Crippen molar-refractivity contribution in [3.63, 3.8) is 0 Å². The summed E-state index contributed by atoms with van der Waals surface area (Å²) in [7, 11) is 0. The highest BCUT2D eigenvalue weighted by Gasteiger charge is 2.16. The van der Waals surface area contributed by atoms with Crippen molar-refractivity contribution in [1.82, 2.24) is 5.32 Å². The number of Topliss-reactive ketones (excluding diaryl/α,β-unsaturated/α-hetero) is 1. The number of hydrogen-bond donors (Lipinski definition) is 1. The van der Waals surface area contributed by atoms with Crippen molar-refractivity contribution >= 4 is 17.7 Å². The van der Waals surface area contributed by atoms with E-state index in [-0.39, 0.29) is 31.0 Å². The minimum absolute atomic E-state index is 0.0416. The molecule has 0 spiro atoms. The maximum absolute atomic E-state index is 11.6. The highest BCUT2D eigenvalue weighted by atomic mass is 16.6. The summed E-state index contributed by atoms with van der Waals surface area (Å²) in [5.74, 6) is -0.514. The Morgan fingerprint density at radius 3 is 2.60 bits per heavy atom. The van der Waals surface area contributed by atoms with E-state index in [0.717, 1.165) is 19.4 Å². The summed E-state index contributed by atoms with van der Waals surface area (Å²) in [5.41, 5.74) is 0.598. The summed E-state index contributed by atoms with van der Waals surface area (Å²) >= 11 is 0. The van der Waals surface area contributed by atoms with Crippen molar-refractivity contribution in [2.45, 2.75) is 32.3 Å². The van der Waals surface area contributed by atoms with Gasteiger partial charge in [0.05, 0.1) is 6.10 Å². The fourth-order valence-electron chi connectivity index (χ4n) is 2.36. The van der Waals surface area contributed by atoms with Crippen LogP contribution in [0.1, 0.15) is 36.5 Å². The van der Waals surface area contributed by atoms with Crippen LogP contribution in [-0.4, -0.2) is 50.1 Å². The maximum Gasteiger partial charge on any atom is 0.344 e. The van der Waals surface area contributed by atoms with Crippen LogP contribution in [0.5, 0.6) is 5.75 Å². The number of amides is 1. The molecule has 0 bridgehead atoms. The molecule has 25 heavy (non-hydrogen) atoms. The molecule has 1 aromatic rings. The SMILES string of the molecule is CCC(=O)c1ccc(OCC(=O)OCC(=O)NC[C@H]2CCCO2)cc1. The van der Waals surface area contributed by atoms with Crippen LogP contribution in [0.4, 0.5) is 0 Å². The smallest absolute Gasteiger partial charge is 0.344 e. The zero-order chi connectivity index (χ0) is 18.1. The fourth-order valence-corrected chi connectivity index (χ4v) is 2.36. The van der Waals surface area contributed by atoms with Crippen LogP contribution in [0.2, 0.25) is 0 Å². The molecule has 1 atom stereocenters. The van der Waals surface area contributed by atoms with Crippen LogP contribution in [-0.2, 0) is 19.1 Å². The quantitative estimate of drug-likeness (QED) is 0.537. The number of ether oxygens (including phenoxy) is 3. The average molecular weight is 349 g/mol. The minimum atomic E-state index is -0.638. The van der Waals surface area contributed by atoms with E-state index >= 15 is 0 Å². The minimum Gasteiger partial charge on any atom is -0.482 e. The molecule has 1 aliphatic rings. The Hall–Kier alpha value is -2.41. The van der Waals surface area contributed by atoms with Crippen LogP contribution >= 0.6 is 0 Å². The van der Waals surface area contributed by atoms with Gasteiger partial charge in [0, 0.05) is 25.1 Å². The molecule has 1 aliphatic heterocycles. The second-order valence-corrected chi connectivity index (χ2v) is 5.69. The highest BCUT2D eigenvalue weighted by molar-refractivity contribution is 5.95. The van der Waals surface area contributed by atoms with Crippen molar-refractivity contribution in [3.8, 4) is 5.75 Å². The molecule has 1 fully saturated rings. The monoisotopic (exact) mass is 349 g/mol. The Morgan fingerprint density at radius 1 is 1.20 bits per heavy atom. The third kappa shape index (κ3) is 6.54. The first-order valence-electron chi connectivity index (χ1n) is 8.38. The number of rotatable bonds is 9. The molecular weight excluding hydrogens is 326 g/mol. The zero-order valence-electron chi connectivity index (χ0n) is 14.3. The third-order valence-electron chi connectivity index (χ3n) is 3.77. The van der Waals surface area contributed by atoms with E-state index in [1.165, 1.54) is 0 Å². The molecule has 1 saturated heterocycles. The molecule has 1 amide bonds. The molecule has 1 aromatic carbocycles. The van der Waals surface area contributed by atoms with E-state index < -0.39 is 5.97 Å². The van der Waals surface area contributed by atoms with Crippen molar-refractivity contribution < 1.29 is 28.6 Å². The highest BCUT2D eigenvalue weighted by Crippen LogP contribution is 2.13. The van der Waals surface area contributed by atoms with E-state index in [1.54, 1.807) is 31.2 Å². The van der Waals surface area contributed by atoms with E-state index in [0.29, 0.717) is 24.3 Å². The second-order valence-electron chi connectivity index (χ2n) is 5.69. The van der Waals surface area contributed by atoms with Gasteiger partial charge in [-0.3, -0.25) is 9.59 Å². The van der Waals surface area contributed by atoms with E-state index in [4.69, 9.17) is 14.2 Å². The predicted molar refractivity (Wildman–Crippen MR) is 89.5 cm³/mol. The lowest BCUT2D eigenvalue weighted by Gasteiger charge is -2.11. The fraction of sp³-hybridized carbons (Fsp3) is 0.500. The van der Waals surface area contributed by atoms with Gasteiger partial charge in [-0.2, -0.15) is 0 Å². The van der Waals surface area contributed by atoms with Crippen LogP contribution in [0.25, 0.3) is 0 Å². The number of ketones is 1. The van der Waals surface area contributed by atoms with Crippen molar-refractivity contribution in [3.05, 3.63) is 29.8 Å². The molecular formula is C18H23NO6. The standard InChI is InChI=1S/C18H23NO6/c1-2-16(20)13-5-7-14(8-6-13)24-12-18(22)25-11-17(21)19-10-15-4-3-9-23-15/h5-8,15H,2-4,9-12H2,1H3,(H,19,21)/t15-/m1/s1. The lowest BCUT2D eigenvalue weighted by Crippen LogP contribution is -2.35. The zero-order valence-corrected chi connectivity index (χ0v) is 14.3. The summed E-state index contributed by atoms with van der Waals surface area (Å²) in [6, 6.07) is 6.52. The largest absolute Gasteiger partial charge is 0.482 e. The molecule has 1 heterocycles. The normalized spacial score (nSPS) is 16.3. The van der Waals surface area contributed by atoms with Crippen LogP contribution in [0.15, 0.2) is 24.3 Å². The van der Waals surface area contributed by atoms with Gasteiger partial charge in [0.25, 0.3) is 5.91 Å². The van der Waals surface area contributed by atoms with Crippen molar-refractivity contribution in [2.24, 2.45) is 0 Å². The van der Waals surface area contributed by atoms with Crippen molar-refractivity contribution in [1.29, 1.82) is 0 Å². The van der Waals surface area contributed by atoms with Gasteiger partial charge in [0.2, 0.25) is 0 Å². The van der Waals surface area contributed by atoms with Gasteiger partial charge in [-0.15, -0.1) is 0 Å². The summed E-state index contributed by atoms with van der Waals surface area (Å²) < 4.78 is 15.5. The van der Waals surface area contributed by atoms with Gasteiger partial charge in [0.1, 0.15) is 5.75 Å². The molecule has 0 aliphatic carbocycles. The lowest BCUT2D eigenvalue weighted by molar-refractivity contribution is -0.150. The molecule has 1 N–H and O–H groups in total. The third-order valence-corrected chi connectivity index (χ3v) is 3.77. The summed E-state index contributed by atoms with van der Waals surface area (Å²) in [6.07, 6.45) is 2.41. The lowest BCUT2D eigenvalue weighted by atomic mass is 10.1. The Labute approximate surface area is 146 Å². The Balaban J connectivity index is 1.63. The van der Waals surface area contributed by atoms with E-state index in [2.05, 4.69) is 5.32 Å². The average Bonchev–Trinajstić information content (AvgIpc) is 3.16. The number of carbonyl (C=O) groups is 3. The van der Waals surface area contributed by atoms with Gasteiger partial charge in [-0.25, -0.2) is 4.79 Å². The van der Waals surface area contributed by atoms with Gasteiger partial charge < -0.3 is 19.5 Å². The number of hydrogen-bond acceptors (Lipinski definition) is 6. The molecule has 0 saturated carbocycles. The molecule has 136 valence electrons. The number of benzene rings is 1. The number of carbonyl (C=O) groups excluding carboxylic acids is 3. The summed E-state index contributed by atoms with van der Waals surface area (Å²) in [5, 5.41) is 2.66. The molecule has 7 nitrogen and oxygen atoms in total. The Bertz CT molecular complexity index is 592. The van der Waals surface area contributed by atoms with E-state index in [9.17, 15) is 14.4 Å². The number of nitrogens with one attached hydrogen (secondary N) is 1. The summed E-state index contributed by atoms with van der Waals surface area (Å²) in [6.45, 7) is 2.29. The van der Waals surface area contributed by atoms with Crippen molar-refractivity contribution in [2.75, 3.05) is 26.4 Å². The van der Waals surface area contributed by atoms with Crippen LogP contribution in [0, 0.1) is 0 Å². The van der Waals surface area contributed by atoms with Gasteiger partial charge in [-0.05, 0) is 37.1 Å². The molecule has 7 heteroatoms. The molecule has 0 unspecified atom stereocenters. The van der Waals surface area contributed by atoms with Gasteiger partial charge in [0.15, 0.2) is 19.0 Å². The predicted octanol–water partition coefficient (Wildman–Crippen LogP) is 1.50. The molecule has 2 rings (SSSR count). The number of esters is 1. The molecule has 0 radical (unpaired) electrons. The summed E-state index contributed by atoms with van der Waals surface area (Å²) in [4.78, 5) is 34.7. The Kier molecular flexibility index (Phi) is 7.40. The molecule has 0 aromatic heterocycles. The topological polar surface area (TPSA) is 90.9 Å². The first-order chi connectivity index (χ1) is 12.1. The maximum atomic E-state index is 11.6. The second kappa shape index (κ2) is 9.78. The van der Waals surface area contributed by atoms with E-state index in [1.807, 2.05) is 0 Å². The van der Waals surface area contributed by atoms with Gasteiger partial charge in [-0.1, -0.05) is 6.92 Å².